The Bertz CT molecular complexity index is 1050. The molecule has 3 heterocycles. The average Bonchev–Trinajstić information content (AvgIpc) is 3.35. The van der Waals surface area contributed by atoms with E-state index in [1.807, 2.05) is 42.5 Å². The Kier molecular flexibility index (Phi) is 4.89. The Hall–Kier alpha value is -3.48. The zero-order valence-corrected chi connectivity index (χ0v) is 15.8. The van der Waals surface area contributed by atoms with Crippen LogP contribution in [-0.2, 0) is 0 Å². The van der Waals surface area contributed by atoms with Crippen molar-refractivity contribution in [2.45, 2.75) is 26.3 Å². The molecule has 0 radical (unpaired) electrons. The van der Waals surface area contributed by atoms with Crippen LogP contribution in [0.1, 0.15) is 42.6 Å². The highest BCUT2D eigenvalue weighted by Gasteiger charge is 2.21. The third-order valence-electron chi connectivity index (χ3n) is 4.50. The van der Waals surface area contributed by atoms with E-state index in [1.54, 1.807) is 12.3 Å². The molecular formula is C21H22N6O. The van der Waals surface area contributed by atoms with E-state index < -0.39 is 0 Å². The number of rotatable bonds is 6. The summed E-state index contributed by atoms with van der Waals surface area (Å²) >= 11 is 0. The second-order valence-corrected chi connectivity index (χ2v) is 7.18. The quantitative estimate of drug-likeness (QED) is 0.477. The topological polar surface area (TPSA) is 99.3 Å². The molecule has 1 amide bonds. The van der Waals surface area contributed by atoms with Gasteiger partial charge in [-0.25, -0.2) is 4.98 Å². The zero-order chi connectivity index (χ0) is 19.5. The highest BCUT2D eigenvalue weighted by atomic mass is 16.2. The van der Waals surface area contributed by atoms with Gasteiger partial charge in [0.1, 0.15) is 17.2 Å². The average molecular weight is 374 g/mol. The molecule has 1 atom stereocenters. The lowest BCUT2D eigenvalue weighted by molar-refractivity contribution is 0.0925. The number of amides is 1. The molecular weight excluding hydrogens is 352 g/mol. The van der Waals surface area contributed by atoms with Crippen LogP contribution >= 0.6 is 0 Å². The minimum absolute atomic E-state index is 0.221. The first-order valence-electron chi connectivity index (χ1n) is 9.32. The van der Waals surface area contributed by atoms with Gasteiger partial charge in [-0.3, -0.25) is 14.9 Å². The molecule has 3 N–H and O–H groups in total. The van der Waals surface area contributed by atoms with Gasteiger partial charge >= 0.3 is 0 Å². The number of carbonyl (C=O) groups is 1. The summed E-state index contributed by atoms with van der Waals surface area (Å²) in [6.45, 7) is 4.24. The van der Waals surface area contributed by atoms with Crippen molar-refractivity contribution in [3.8, 4) is 11.4 Å². The van der Waals surface area contributed by atoms with E-state index in [0.717, 1.165) is 23.3 Å². The largest absolute Gasteiger partial charge is 0.341 e. The van der Waals surface area contributed by atoms with Crippen LogP contribution < -0.4 is 5.32 Å². The SMILES string of the molecule is CC(C)CC(NC(=O)c1cc(-c2ccccn2)n[nH]1)c1nc2ccccc2[nH]1. The maximum atomic E-state index is 12.8. The number of pyridine rings is 1. The number of fused-ring (bicyclic) bond motifs is 1. The molecule has 4 aromatic rings. The summed E-state index contributed by atoms with van der Waals surface area (Å²) in [5, 5.41) is 10.1. The van der Waals surface area contributed by atoms with Crippen LogP contribution in [0.5, 0.6) is 0 Å². The Morgan fingerprint density at radius 3 is 2.68 bits per heavy atom. The molecule has 0 saturated carbocycles. The summed E-state index contributed by atoms with van der Waals surface area (Å²) in [4.78, 5) is 25.1. The number of imidazole rings is 1. The fraction of sp³-hybridized carbons (Fsp3) is 0.238. The van der Waals surface area contributed by atoms with E-state index in [9.17, 15) is 4.79 Å². The van der Waals surface area contributed by atoms with Gasteiger partial charge < -0.3 is 10.3 Å². The summed E-state index contributed by atoms with van der Waals surface area (Å²) in [6, 6.07) is 14.9. The summed E-state index contributed by atoms with van der Waals surface area (Å²) in [7, 11) is 0. The van der Waals surface area contributed by atoms with Crippen molar-refractivity contribution in [2.24, 2.45) is 5.92 Å². The van der Waals surface area contributed by atoms with Crippen LogP contribution in [0, 0.1) is 5.92 Å². The monoisotopic (exact) mass is 374 g/mol. The van der Waals surface area contributed by atoms with Crippen LogP contribution in [0.25, 0.3) is 22.4 Å². The molecule has 3 aromatic heterocycles. The minimum atomic E-state index is -0.221. The lowest BCUT2D eigenvalue weighted by Gasteiger charge is -2.18. The number of hydrogen-bond acceptors (Lipinski definition) is 4. The first-order valence-corrected chi connectivity index (χ1v) is 9.32. The van der Waals surface area contributed by atoms with Crippen molar-refractivity contribution in [3.05, 3.63) is 66.2 Å². The smallest absolute Gasteiger partial charge is 0.269 e. The van der Waals surface area contributed by atoms with Crippen LogP contribution in [0.4, 0.5) is 0 Å². The second kappa shape index (κ2) is 7.64. The van der Waals surface area contributed by atoms with Gasteiger partial charge in [0, 0.05) is 6.20 Å². The fourth-order valence-corrected chi connectivity index (χ4v) is 3.17. The summed E-state index contributed by atoms with van der Waals surface area (Å²) < 4.78 is 0. The summed E-state index contributed by atoms with van der Waals surface area (Å²) in [5.41, 5.74) is 3.59. The van der Waals surface area contributed by atoms with Gasteiger partial charge in [0.05, 0.1) is 22.8 Å². The molecule has 0 saturated heterocycles. The van der Waals surface area contributed by atoms with Crippen molar-refractivity contribution >= 4 is 16.9 Å². The Morgan fingerprint density at radius 2 is 1.93 bits per heavy atom. The van der Waals surface area contributed by atoms with Crippen molar-refractivity contribution in [2.75, 3.05) is 0 Å². The van der Waals surface area contributed by atoms with Crippen molar-refractivity contribution in [1.29, 1.82) is 0 Å². The van der Waals surface area contributed by atoms with E-state index in [1.165, 1.54) is 0 Å². The van der Waals surface area contributed by atoms with Gasteiger partial charge in [-0.05, 0) is 42.7 Å². The molecule has 0 aliphatic heterocycles. The van der Waals surface area contributed by atoms with Gasteiger partial charge in [-0.1, -0.05) is 32.0 Å². The Balaban J connectivity index is 1.57. The summed E-state index contributed by atoms with van der Waals surface area (Å²) in [6.07, 6.45) is 2.47. The Morgan fingerprint density at radius 1 is 1.11 bits per heavy atom. The van der Waals surface area contributed by atoms with E-state index in [0.29, 0.717) is 23.0 Å². The van der Waals surface area contributed by atoms with Gasteiger partial charge in [-0.15, -0.1) is 0 Å². The number of nitrogens with one attached hydrogen (secondary N) is 3. The molecule has 0 aliphatic carbocycles. The molecule has 1 unspecified atom stereocenters. The van der Waals surface area contributed by atoms with Crippen LogP contribution in [0.15, 0.2) is 54.7 Å². The molecule has 7 nitrogen and oxygen atoms in total. The molecule has 1 aromatic carbocycles. The molecule has 0 spiro atoms. The molecule has 0 aliphatic rings. The van der Waals surface area contributed by atoms with Crippen molar-refractivity contribution in [3.63, 3.8) is 0 Å². The lowest BCUT2D eigenvalue weighted by atomic mass is 10.0. The standard InChI is InChI=1S/C21H22N6O/c1-13(2)11-18(20-23-15-8-3-4-9-16(15)24-20)25-21(28)19-12-17(26-27-19)14-7-5-6-10-22-14/h3-10,12-13,18H,11H2,1-2H3,(H,23,24)(H,25,28)(H,26,27). The molecule has 7 heteroatoms. The highest BCUT2D eigenvalue weighted by Crippen LogP contribution is 2.23. The normalized spacial score (nSPS) is 12.4. The van der Waals surface area contributed by atoms with Crippen LogP contribution in [-0.4, -0.2) is 31.1 Å². The maximum absolute atomic E-state index is 12.8. The number of aromatic amines is 2. The third kappa shape index (κ3) is 3.78. The zero-order valence-electron chi connectivity index (χ0n) is 15.8. The summed E-state index contributed by atoms with van der Waals surface area (Å²) in [5.74, 6) is 0.929. The van der Waals surface area contributed by atoms with Gasteiger partial charge in [0.25, 0.3) is 5.91 Å². The number of aromatic nitrogens is 5. The number of nitrogens with zero attached hydrogens (tertiary/aromatic N) is 3. The predicted molar refractivity (Wildman–Crippen MR) is 108 cm³/mol. The van der Waals surface area contributed by atoms with Crippen LogP contribution in [0.2, 0.25) is 0 Å². The first-order chi connectivity index (χ1) is 13.6. The van der Waals surface area contributed by atoms with Crippen molar-refractivity contribution < 1.29 is 4.79 Å². The number of carbonyl (C=O) groups excluding carboxylic acids is 1. The van der Waals surface area contributed by atoms with E-state index >= 15 is 0 Å². The molecule has 4 rings (SSSR count). The number of para-hydroxylation sites is 2. The van der Waals surface area contributed by atoms with E-state index in [2.05, 4.69) is 44.3 Å². The predicted octanol–water partition coefficient (Wildman–Crippen LogP) is 3.87. The van der Waals surface area contributed by atoms with Gasteiger partial charge in [-0.2, -0.15) is 5.10 Å². The van der Waals surface area contributed by atoms with E-state index in [4.69, 9.17) is 0 Å². The molecule has 0 bridgehead atoms. The second-order valence-electron chi connectivity index (χ2n) is 7.18. The first kappa shape index (κ1) is 17.9. The molecule has 0 fully saturated rings. The number of benzene rings is 1. The van der Waals surface area contributed by atoms with E-state index in [-0.39, 0.29) is 11.9 Å². The minimum Gasteiger partial charge on any atom is -0.341 e. The lowest BCUT2D eigenvalue weighted by Crippen LogP contribution is -2.30. The Labute approximate surface area is 162 Å². The fourth-order valence-electron chi connectivity index (χ4n) is 3.17. The molecule has 28 heavy (non-hydrogen) atoms. The van der Waals surface area contributed by atoms with Crippen molar-refractivity contribution in [1.82, 2.24) is 30.5 Å². The highest BCUT2D eigenvalue weighted by molar-refractivity contribution is 5.93. The van der Waals surface area contributed by atoms with Gasteiger partial charge in [0.2, 0.25) is 0 Å². The molecule has 142 valence electrons. The maximum Gasteiger partial charge on any atom is 0.269 e. The number of hydrogen-bond donors (Lipinski definition) is 3. The third-order valence-corrected chi connectivity index (χ3v) is 4.50. The van der Waals surface area contributed by atoms with Crippen LogP contribution in [0.3, 0.4) is 0 Å². The van der Waals surface area contributed by atoms with Gasteiger partial charge in [0.15, 0.2) is 0 Å². The number of H-pyrrole nitrogens is 2.